The Balaban J connectivity index is 0.00000360. The fourth-order valence-electron chi connectivity index (χ4n) is 6.61. The molecule has 0 aliphatic heterocycles. The number of hydrogen-bond acceptors (Lipinski definition) is 16. The van der Waals surface area contributed by atoms with Gasteiger partial charge in [-0.15, -0.1) is 0 Å². The van der Waals surface area contributed by atoms with Crippen LogP contribution in [0.2, 0.25) is 0 Å². The smallest absolute Gasteiger partial charge is 0.744 e. The summed E-state index contributed by atoms with van der Waals surface area (Å²) < 4.78 is 76.1. The molecule has 0 aliphatic carbocycles. The van der Waals surface area contributed by atoms with Crippen molar-refractivity contribution in [2.75, 3.05) is 31.9 Å². The van der Waals surface area contributed by atoms with Crippen LogP contribution in [0.3, 0.4) is 0 Å². The SMILES string of the molecule is O=S(=O)([O-])c1cc(Nc2cc(Nc3ccccc3)nc(Nc3ccccc3)n2)ccc1CCc1ccc(Nc2cc(Nc3ccccc3)nc(Nc3ccccc3)n2)cc1S(=O)(=O)[O-].[Na+].[Na+]. The molecule has 6 aromatic carbocycles. The summed E-state index contributed by atoms with van der Waals surface area (Å²) in [4.78, 5) is 17.2. The summed E-state index contributed by atoms with van der Waals surface area (Å²) in [6.07, 6.45) is -0.184. The van der Waals surface area contributed by atoms with Crippen molar-refractivity contribution in [3.63, 3.8) is 0 Å². The van der Waals surface area contributed by atoms with Gasteiger partial charge in [0.25, 0.3) is 0 Å². The van der Waals surface area contributed by atoms with Gasteiger partial charge >= 0.3 is 59.1 Å². The van der Waals surface area contributed by atoms with E-state index in [2.05, 4.69) is 51.8 Å². The quantitative estimate of drug-likeness (QED) is 0.0567. The molecule has 0 saturated carbocycles. The molecule has 0 atom stereocenters. The van der Waals surface area contributed by atoms with Crippen LogP contribution >= 0.6 is 0 Å². The minimum absolute atomic E-state index is 0. The molecule has 0 fully saturated rings. The van der Waals surface area contributed by atoms with Crippen LogP contribution in [0.4, 0.5) is 69.3 Å². The molecule has 0 saturated heterocycles. The fourth-order valence-corrected chi connectivity index (χ4v) is 8.14. The zero-order chi connectivity index (χ0) is 44.5. The van der Waals surface area contributed by atoms with Crippen LogP contribution in [0, 0.1) is 0 Å². The first kappa shape index (κ1) is 49.5. The van der Waals surface area contributed by atoms with E-state index in [0.717, 1.165) is 22.7 Å². The molecule has 6 N–H and O–H groups in total. The second-order valence-electron chi connectivity index (χ2n) is 14.2. The van der Waals surface area contributed by atoms with E-state index < -0.39 is 30.0 Å². The number of aromatic nitrogens is 4. The average molecular weight is 937 g/mol. The maximum Gasteiger partial charge on any atom is 1.00 e. The van der Waals surface area contributed by atoms with Crippen LogP contribution in [0.5, 0.6) is 0 Å². The topological polar surface area (TPSA) is 238 Å². The van der Waals surface area contributed by atoms with Crippen LogP contribution < -0.4 is 91.0 Å². The van der Waals surface area contributed by atoms with Crippen LogP contribution in [0.25, 0.3) is 0 Å². The second kappa shape index (κ2) is 22.5. The Kier molecular flexibility index (Phi) is 16.9. The Labute approximate surface area is 426 Å². The molecule has 8 rings (SSSR count). The van der Waals surface area contributed by atoms with Crippen molar-refractivity contribution in [3.05, 3.63) is 181 Å². The van der Waals surface area contributed by atoms with E-state index >= 15 is 0 Å². The van der Waals surface area contributed by atoms with Crippen molar-refractivity contribution < 1.29 is 85.1 Å². The Hall–Kier alpha value is -5.90. The molecule has 16 nitrogen and oxygen atoms in total. The van der Waals surface area contributed by atoms with Crippen LogP contribution in [-0.2, 0) is 33.1 Å². The Morgan fingerprint density at radius 2 is 0.621 bits per heavy atom. The van der Waals surface area contributed by atoms with E-state index in [-0.39, 0.29) is 118 Å². The third-order valence-electron chi connectivity index (χ3n) is 9.49. The fraction of sp³-hybridized carbons (Fsp3) is 0.0435. The Morgan fingerprint density at radius 3 is 0.909 bits per heavy atom. The number of nitrogens with one attached hydrogen (secondary N) is 6. The van der Waals surface area contributed by atoms with Gasteiger partial charge in [-0.05, 0) is 96.8 Å². The number of para-hydroxylation sites is 4. The van der Waals surface area contributed by atoms with E-state index in [1.54, 1.807) is 24.3 Å². The summed E-state index contributed by atoms with van der Waals surface area (Å²) in [7, 11) is -10.1. The van der Waals surface area contributed by atoms with Crippen LogP contribution in [0.1, 0.15) is 11.1 Å². The van der Waals surface area contributed by atoms with Crippen molar-refractivity contribution in [1.82, 2.24) is 19.9 Å². The molecule has 66 heavy (non-hydrogen) atoms. The molecule has 8 aromatic rings. The summed E-state index contributed by atoms with van der Waals surface area (Å²) in [5.74, 6) is 1.88. The van der Waals surface area contributed by atoms with Gasteiger partial charge < -0.3 is 41.0 Å². The normalized spacial score (nSPS) is 11.0. The maximum absolute atomic E-state index is 12.7. The first-order valence-corrected chi connectivity index (χ1v) is 22.5. The Bertz CT molecular complexity index is 2800. The number of anilines is 12. The van der Waals surface area contributed by atoms with Gasteiger partial charge in [-0.2, -0.15) is 19.9 Å². The average Bonchev–Trinajstić information content (AvgIpc) is 3.27. The van der Waals surface area contributed by atoms with E-state index in [1.807, 2.05) is 121 Å². The molecule has 0 amide bonds. The summed E-state index contributed by atoms with van der Waals surface area (Å²) in [6, 6.07) is 48.9. The molecular formula is C46H38N10Na2O6S2. The number of aryl methyl sites for hydroxylation is 2. The molecule has 0 aliphatic rings. The van der Waals surface area contributed by atoms with Crippen molar-refractivity contribution in [3.8, 4) is 0 Å². The van der Waals surface area contributed by atoms with Gasteiger partial charge in [0.15, 0.2) is 0 Å². The zero-order valence-electron chi connectivity index (χ0n) is 35.6. The standard InChI is InChI=1S/C46H40N10O6S2.2Na/c57-63(58,59)39-27-37(49-43-29-41(47-33-13-5-1-6-14-33)53-45(55-43)51-35-17-9-3-10-18-35)25-23-31(39)21-22-32-24-26-38(28-40(32)64(60,61)62)50-44-30-42(48-34-15-7-2-8-16-34)54-46(56-44)52-36-19-11-4-12-20-36;;/h1-20,23-30H,21-22H2,(H,57,58,59)(H,60,61,62)(H3,47,49,51,53,55)(H3,48,50,52,54,56);;/q;2*+1/p-2. The van der Waals surface area contributed by atoms with E-state index in [4.69, 9.17) is 0 Å². The first-order chi connectivity index (χ1) is 30.9. The monoisotopic (exact) mass is 936 g/mol. The van der Waals surface area contributed by atoms with Gasteiger partial charge in [-0.3, -0.25) is 0 Å². The van der Waals surface area contributed by atoms with Crippen molar-refractivity contribution in [1.29, 1.82) is 0 Å². The van der Waals surface area contributed by atoms with Gasteiger partial charge in [0.05, 0.1) is 9.79 Å². The third-order valence-corrected chi connectivity index (χ3v) is 11.3. The minimum Gasteiger partial charge on any atom is -0.744 e. The molecule has 0 spiro atoms. The van der Waals surface area contributed by atoms with Gasteiger partial charge in [0, 0.05) is 46.3 Å². The molecule has 2 heterocycles. The van der Waals surface area contributed by atoms with Crippen LogP contribution in [0.15, 0.2) is 180 Å². The van der Waals surface area contributed by atoms with Gasteiger partial charge in [0.2, 0.25) is 11.9 Å². The summed E-state index contributed by atoms with van der Waals surface area (Å²) in [6.45, 7) is 0. The maximum atomic E-state index is 12.7. The molecule has 0 radical (unpaired) electrons. The summed E-state index contributed by atoms with van der Waals surface area (Å²) in [5, 5.41) is 18.9. The zero-order valence-corrected chi connectivity index (χ0v) is 41.3. The molecule has 0 unspecified atom stereocenters. The van der Waals surface area contributed by atoms with Crippen molar-refractivity contribution >= 4 is 89.5 Å². The predicted octanol–water partition coefficient (Wildman–Crippen LogP) is 3.33. The minimum atomic E-state index is -5.04. The second-order valence-corrected chi connectivity index (χ2v) is 16.9. The largest absolute Gasteiger partial charge is 1.00 e. The van der Waals surface area contributed by atoms with Gasteiger partial charge in [-0.25, -0.2) is 16.8 Å². The molecule has 2 aromatic heterocycles. The number of hydrogen-bond donors (Lipinski definition) is 6. The molecule has 0 bridgehead atoms. The van der Waals surface area contributed by atoms with Crippen molar-refractivity contribution in [2.45, 2.75) is 22.6 Å². The predicted molar refractivity (Wildman–Crippen MR) is 246 cm³/mol. The van der Waals surface area contributed by atoms with Gasteiger partial charge in [0.1, 0.15) is 43.5 Å². The summed E-state index contributed by atoms with van der Waals surface area (Å²) >= 11 is 0. The third kappa shape index (κ3) is 13.8. The van der Waals surface area contributed by atoms with Crippen molar-refractivity contribution in [2.24, 2.45) is 0 Å². The molecule has 322 valence electrons. The van der Waals surface area contributed by atoms with E-state index in [0.29, 0.717) is 11.6 Å². The first-order valence-electron chi connectivity index (χ1n) is 19.7. The van der Waals surface area contributed by atoms with E-state index in [1.165, 1.54) is 24.3 Å². The van der Waals surface area contributed by atoms with Crippen LogP contribution in [-0.4, -0.2) is 45.9 Å². The number of nitrogens with zero attached hydrogens (tertiary/aromatic N) is 4. The number of rotatable bonds is 17. The summed E-state index contributed by atoms with van der Waals surface area (Å²) in [5.41, 5.74) is 3.71. The van der Waals surface area contributed by atoms with Gasteiger partial charge in [-0.1, -0.05) is 84.9 Å². The molecule has 20 heteroatoms. The van der Waals surface area contributed by atoms with E-state index in [9.17, 15) is 25.9 Å². The number of benzene rings is 6. The molecular weight excluding hydrogens is 899 g/mol. The Morgan fingerprint density at radius 1 is 0.348 bits per heavy atom.